The third kappa shape index (κ3) is 3.77. The van der Waals surface area contributed by atoms with E-state index in [2.05, 4.69) is 15.7 Å². The molecule has 0 aliphatic carbocycles. The number of anilines is 1. The number of nitrogens with zero attached hydrogens (tertiary/aromatic N) is 2. The van der Waals surface area contributed by atoms with Crippen molar-refractivity contribution in [2.45, 2.75) is 6.92 Å². The Labute approximate surface area is 164 Å². The zero-order valence-corrected chi connectivity index (χ0v) is 15.9. The fourth-order valence-electron chi connectivity index (χ4n) is 2.20. The Bertz CT molecular complexity index is 913. The minimum absolute atomic E-state index is 0.459. The van der Waals surface area contributed by atoms with Crippen LogP contribution in [0, 0.1) is 6.92 Å². The van der Waals surface area contributed by atoms with Crippen LogP contribution in [-0.2, 0) is 0 Å². The Kier molecular flexibility index (Phi) is 5.54. The van der Waals surface area contributed by atoms with Crippen LogP contribution in [0.4, 0.5) is 5.69 Å². The van der Waals surface area contributed by atoms with Gasteiger partial charge in [0.15, 0.2) is 0 Å². The second-order valence-corrected chi connectivity index (χ2v) is 6.69. The Morgan fingerprint density at radius 3 is 2.12 bits per heavy atom. The van der Waals surface area contributed by atoms with E-state index < -0.39 is 0 Å². The zero-order chi connectivity index (χ0) is 18.0. The molecule has 0 aliphatic rings. The van der Waals surface area contributed by atoms with Gasteiger partial charge in [-0.25, -0.2) is 0 Å². The highest BCUT2D eigenvalue weighted by Crippen LogP contribution is 2.36. The first-order valence-electron chi connectivity index (χ1n) is 7.12. The van der Waals surface area contributed by atoms with Gasteiger partial charge in [0, 0.05) is 5.56 Å². The lowest BCUT2D eigenvalue weighted by Gasteiger charge is -2.06. The Hall–Kier alpha value is -1.72. The summed E-state index contributed by atoms with van der Waals surface area (Å²) in [6.45, 7) is 1.77. The summed E-state index contributed by atoms with van der Waals surface area (Å²) in [6.07, 6.45) is 1.56. The first-order valence-corrected chi connectivity index (χ1v) is 8.64. The van der Waals surface area contributed by atoms with Gasteiger partial charge in [-0.2, -0.15) is 5.10 Å². The molecule has 25 heavy (non-hydrogen) atoms. The molecule has 0 spiro atoms. The lowest BCUT2D eigenvalue weighted by Crippen LogP contribution is -1.95. The number of aryl methyl sites for hydroxylation is 1. The predicted octanol–water partition coefficient (Wildman–Crippen LogP) is 6.71. The number of aromatic nitrogens is 1. The Morgan fingerprint density at radius 1 is 0.960 bits per heavy atom. The minimum Gasteiger partial charge on any atom is -0.360 e. The van der Waals surface area contributed by atoms with Crippen LogP contribution in [-0.4, -0.2) is 11.4 Å². The summed E-state index contributed by atoms with van der Waals surface area (Å²) >= 11 is 24.7. The summed E-state index contributed by atoms with van der Waals surface area (Å²) in [7, 11) is 0. The first-order chi connectivity index (χ1) is 12.0. The van der Waals surface area contributed by atoms with Crippen LogP contribution in [0.25, 0.3) is 11.3 Å². The molecule has 0 radical (unpaired) electrons. The number of hydrogen-bond acceptors (Lipinski definition) is 4. The number of benzene rings is 2. The quantitative estimate of drug-likeness (QED) is 0.381. The van der Waals surface area contributed by atoms with Gasteiger partial charge >= 0.3 is 0 Å². The van der Waals surface area contributed by atoms with Crippen molar-refractivity contribution in [3.63, 3.8) is 0 Å². The molecule has 3 rings (SSSR count). The van der Waals surface area contributed by atoms with E-state index in [1.54, 1.807) is 49.5 Å². The molecule has 0 saturated carbocycles. The molecule has 0 fully saturated rings. The molecule has 1 N–H and O–H groups in total. The highest BCUT2D eigenvalue weighted by molar-refractivity contribution is 6.39. The molecule has 0 amide bonds. The summed E-state index contributed by atoms with van der Waals surface area (Å²) in [4.78, 5) is 0. The second-order valence-electron chi connectivity index (χ2n) is 5.06. The second kappa shape index (κ2) is 7.67. The van der Waals surface area contributed by atoms with Gasteiger partial charge in [0.05, 0.1) is 37.6 Å². The monoisotopic (exact) mass is 413 g/mol. The largest absolute Gasteiger partial charge is 0.360 e. The van der Waals surface area contributed by atoms with Crippen LogP contribution < -0.4 is 5.43 Å². The SMILES string of the molecule is Cc1onc(-c2c(Cl)cccc2Cl)c1/C=N\Nc1c(Cl)cccc1Cl. The molecule has 4 nitrogen and oxygen atoms in total. The average Bonchev–Trinajstić information content (AvgIpc) is 2.91. The van der Waals surface area contributed by atoms with E-state index in [9.17, 15) is 0 Å². The fraction of sp³-hybridized carbons (Fsp3) is 0.0588. The van der Waals surface area contributed by atoms with Gasteiger partial charge < -0.3 is 4.52 Å². The molecule has 128 valence electrons. The topological polar surface area (TPSA) is 50.4 Å². The van der Waals surface area contributed by atoms with E-state index >= 15 is 0 Å². The Balaban J connectivity index is 1.96. The van der Waals surface area contributed by atoms with Crippen LogP contribution in [0.5, 0.6) is 0 Å². The molecular weight excluding hydrogens is 404 g/mol. The summed E-state index contributed by atoms with van der Waals surface area (Å²) in [6, 6.07) is 10.4. The van der Waals surface area contributed by atoms with Gasteiger partial charge in [0.2, 0.25) is 0 Å². The van der Waals surface area contributed by atoms with E-state index in [-0.39, 0.29) is 0 Å². The van der Waals surface area contributed by atoms with Crippen LogP contribution >= 0.6 is 46.4 Å². The lowest BCUT2D eigenvalue weighted by molar-refractivity contribution is 0.399. The summed E-state index contributed by atoms with van der Waals surface area (Å²) in [5, 5.41) is 10.1. The number of hydrogen-bond donors (Lipinski definition) is 1. The molecule has 1 heterocycles. The van der Waals surface area contributed by atoms with Crippen molar-refractivity contribution in [2.75, 3.05) is 5.43 Å². The summed E-state index contributed by atoms with van der Waals surface area (Å²) < 4.78 is 5.27. The maximum Gasteiger partial charge on any atom is 0.143 e. The first kappa shape index (κ1) is 18.1. The number of halogens is 4. The van der Waals surface area contributed by atoms with Gasteiger partial charge in [0.1, 0.15) is 11.5 Å². The molecule has 1 aromatic heterocycles. The van der Waals surface area contributed by atoms with Crippen molar-refractivity contribution in [3.8, 4) is 11.3 Å². The number of hydrazone groups is 1. The third-order valence-corrected chi connectivity index (χ3v) is 4.70. The summed E-state index contributed by atoms with van der Waals surface area (Å²) in [5.74, 6) is 0.571. The van der Waals surface area contributed by atoms with Crippen LogP contribution in [0.1, 0.15) is 11.3 Å². The zero-order valence-electron chi connectivity index (χ0n) is 12.9. The molecule has 8 heteroatoms. The van der Waals surface area contributed by atoms with Gasteiger partial charge in [-0.15, -0.1) is 0 Å². The average molecular weight is 415 g/mol. The van der Waals surface area contributed by atoms with E-state index in [0.717, 1.165) is 0 Å². The number of nitrogens with one attached hydrogen (secondary N) is 1. The van der Waals surface area contributed by atoms with Crippen molar-refractivity contribution in [3.05, 3.63) is 67.8 Å². The van der Waals surface area contributed by atoms with Gasteiger partial charge in [-0.3, -0.25) is 5.43 Å². The van der Waals surface area contributed by atoms with Crippen molar-refractivity contribution in [1.29, 1.82) is 0 Å². The normalized spacial score (nSPS) is 11.2. The highest BCUT2D eigenvalue weighted by Gasteiger charge is 2.18. The van der Waals surface area contributed by atoms with Crippen molar-refractivity contribution >= 4 is 58.3 Å². The fourth-order valence-corrected chi connectivity index (χ4v) is 3.26. The number of rotatable bonds is 4. The molecule has 0 atom stereocenters. The van der Waals surface area contributed by atoms with Gasteiger partial charge in [-0.05, 0) is 31.2 Å². The molecule has 0 unspecified atom stereocenters. The summed E-state index contributed by atoms with van der Waals surface area (Å²) in [5.41, 5.74) is 5.06. The van der Waals surface area contributed by atoms with E-state index in [1.807, 2.05) is 0 Å². The lowest BCUT2D eigenvalue weighted by atomic mass is 10.1. The maximum absolute atomic E-state index is 6.26. The van der Waals surface area contributed by atoms with Crippen LogP contribution in [0.2, 0.25) is 20.1 Å². The molecule has 2 aromatic carbocycles. The molecule has 3 aromatic rings. The molecule has 0 bridgehead atoms. The van der Waals surface area contributed by atoms with Crippen LogP contribution in [0.3, 0.4) is 0 Å². The molecule has 0 saturated heterocycles. The number of para-hydroxylation sites is 1. The van der Waals surface area contributed by atoms with E-state index in [4.69, 9.17) is 50.9 Å². The van der Waals surface area contributed by atoms with Crippen LogP contribution in [0.15, 0.2) is 46.0 Å². The predicted molar refractivity (Wildman–Crippen MR) is 104 cm³/mol. The highest BCUT2D eigenvalue weighted by atomic mass is 35.5. The molecular formula is C17H11Cl4N3O. The van der Waals surface area contributed by atoms with E-state index in [0.29, 0.717) is 48.4 Å². The van der Waals surface area contributed by atoms with E-state index in [1.165, 1.54) is 0 Å². The maximum atomic E-state index is 6.26. The van der Waals surface area contributed by atoms with Gasteiger partial charge in [0.25, 0.3) is 0 Å². The van der Waals surface area contributed by atoms with Crippen molar-refractivity contribution in [2.24, 2.45) is 5.10 Å². The smallest absolute Gasteiger partial charge is 0.143 e. The molecule has 0 aliphatic heterocycles. The standard InChI is InChI=1S/C17H11Cl4N3O/c1-9-10(8-22-23-17-13(20)6-3-7-14(17)21)16(24-25-9)15-11(18)4-2-5-12(15)19/h2-8,23H,1H3/b22-8-. The Morgan fingerprint density at radius 2 is 1.52 bits per heavy atom. The van der Waals surface area contributed by atoms with Crippen molar-refractivity contribution in [1.82, 2.24) is 5.16 Å². The third-order valence-electron chi connectivity index (χ3n) is 3.44. The van der Waals surface area contributed by atoms with Gasteiger partial charge in [-0.1, -0.05) is 63.7 Å². The minimum atomic E-state index is 0.459. The van der Waals surface area contributed by atoms with Crippen molar-refractivity contribution < 1.29 is 4.52 Å².